The molecule has 0 unspecified atom stereocenters. The van der Waals surface area contributed by atoms with Gasteiger partial charge in [-0.05, 0) is 29.8 Å². The summed E-state index contributed by atoms with van der Waals surface area (Å²) in [5, 5.41) is 4.37. The van der Waals surface area contributed by atoms with Gasteiger partial charge in [0.15, 0.2) is 9.84 Å². The third kappa shape index (κ3) is 4.50. The molecule has 1 amide bonds. The van der Waals surface area contributed by atoms with Gasteiger partial charge >= 0.3 is 0 Å². The van der Waals surface area contributed by atoms with Gasteiger partial charge in [0.05, 0.1) is 34.5 Å². The van der Waals surface area contributed by atoms with Gasteiger partial charge < -0.3 is 15.2 Å². The molecular formula is C22H22ClFN4O4S. The molecule has 33 heavy (non-hydrogen) atoms. The van der Waals surface area contributed by atoms with Crippen LogP contribution in [0.15, 0.2) is 45.8 Å². The van der Waals surface area contributed by atoms with E-state index in [0.717, 1.165) is 6.07 Å². The summed E-state index contributed by atoms with van der Waals surface area (Å²) in [6, 6.07) is 7.55. The fourth-order valence-electron chi connectivity index (χ4n) is 3.46. The first-order chi connectivity index (χ1) is 15.4. The first-order valence-electron chi connectivity index (χ1n) is 10.1. The highest BCUT2D eigenvalue weighted by molar-refractivity contribution is 7.91. The van der Waals surface area contributed by atoms with E-state index in [0.29, 0.717) is 10.6 Å². The standard InChI is InChI=1S/C22H22ClFN4O4S/c1-22(2,3)21-26-19(27-32-21)14-8-17-18(9-15(14)24)33(30,31)11-16(25)20(29)28(17)10-12-4-6-13(23)7-5-12/h4-9,16H,10-11,25H2,1-3H3/t16-/m0/s1. The van der Waals surface area contributed by atoms with Gasteiger partial charge in [-0.15, -0.1) is 0 Å². The summed E-state index contributed by atoms with van der Waals surface area (Å²) in [6.45, 7) is 5.59. The van der Waals surface area contributed by atoms with E-state index >= 15 is 4.39 Å². The Balaban J connectivity index is 1.89. The molecule has 8 nitrogen and oxygen atoms in total. The molecule has 3 aromatic rings. The first-order valence-corrected chi connectivity index (χ1v) is 12.1. The van der Waals surface area contributed by atoms with E-state index in [2.05, 4.69) is 10.1 Å². The molecular weight excluding hydrogens is 471 g/mol. The molecule has 11 heteroatoms. The van der Waals surface area contributed by atoms with Crippen LogP contribution in [0.25, 0.3) is 11.4 Å². The van der Waals surface area contributed by atoms with Crippen LogP contribution in [0.2, 0.25) is 5.02 Å². The van der Waals surface area contributed by atoms with Crippen LogP contribution in [0.4, 0.5) is 10.1 Å². The number of hydrogen-bond acceptors (Lipinski definition) is 7. The molecule has 1 aliphatic heterocycles. The summed E-state index contributed by atoms with van der Waals surface area (Å²) >= 11 is 5.95. The lowest BCUT2D eigenvalue weighted by Crippen LogP contribution is -2.45. The molecule has 174 valence electrons. The van der Waals surface area contributed by atoms with E-state index in [-0.39, 0.29) is 34.4 Å². The molecule has 4 rings (SSSR count). The van der Waals surface area contributed by atoms with Crippen molar-refractivity contribution in [3.8, 4) is 11.4 Å². The molecule has 0 saturated carbocycles. The van der Waals surface area contributed by atoms with Crippen LogP contribution in [-0.2, 0) is 26.6 Å². The van der Waals surface area contributed by atoms with Crippen molar-refractivity contribution in [1.82, 2.24) is 10.1 Å². The van der Waals surface area contributed by atoms with Crippen molar-refractivity contribution in [3.05, 3.63) is 58.7 Å². The lowest BCUT2D eigenvalue weighted by molar-refractivity contribution is -0.119. The third-order valence-corrected chi connectivity index (χ3v) is 7.27. The van der Waals surface area contributed by atoms with Crippen LogP contribution >= 0.6 is 11.6 Å². The highest BCUT2D eigenvalue weighted by Gasteiger charge is 2.37. The molecule has 1 aromatic heterocycles. The van der Waals surface area contributed by atoms with Crippen molar-refractivity contribution in [2.45, 2.75) is 43.7 Å². The molecule has 0 saturated heterocycles. The van der Waals surface area contributed by atoms with E-state index in [9.17, 15) is 13.2 Å². The van der Waals surface area contributed by atoms with E-state index in [1.54, 1.807) is 24.3 Å². The number of sulfone groups is 1. The van der Waals surface area contributed by atoms with Crippen molar-refractivity contribution in [3.63, 3.8) is 0 Å². The van der Waals surface area contributed by atoms with Crippen LogP contribution in [0, 0.1) is 5.82 Å². The number of hydrogen-bond donors (Lipinski definition) is 1. The van der Waals surface area contributed by atoms with E-state index in [4.69, 9.17) is 21.9 Å². The van der Waals surface area contributed by atoms with E-state index in [1.807, 2.05) is 20.8 Å². The lowest BCUT2D eigenvalue weighted by atomic mass is 9.97. The summed E-state index contributed by atoms with van der Waals surface area (Å²) in [4.78, 5) is 18.3. The maximum absolute atomic E-state index is 15.1. The fourth-order valence-corrected chi connectivity index (χ4v) is 5.16. The van der Waals surface area contributed by atoms with Gasteiger partial charge in [-0.1, -0.05) is 49.7 Å². The molecule has 1 atom stereocenters. The minimum absolute atomic E-state index is 0.00130. The Hall–Kier alpha value is -2.82. The van der Waals surface area contributed by atoms with E-state index < -0.39 is 38.8 Å². The van der Waals surface area contributed by atoms with Crippen molar-refractivity contribution in [2.24, 2.45) is 5.73 Å². The van der Waals surface area contributed by atoms with Crippen molar-refractivity contribution in [1.29, 1.82) is 0 Å². The molecule has 1 aliphatic rings. The second kappa shape index (κ2) is 8.19. The number of nitrogens with two attached hydrogens (primary N) is 1. The lowest BCUT2D eigenvalue weighted by Gasteiger charge is -2.24. The molecule has 2 aromatic carbocycles. The summed E-state index contributed by atoms with van der Waals surface area (Å²) < 4.78 is 46.2. The maximum Gasteiger partial charge on any atom is 0.245 e. The number of nitrogens with zero attached hydrogens (tertiary/aromatic N) is 3. The summed E-state index contributed by atoms with van der Waals surface area (Å²) in [5.74, 6) is -1.85. The van der Waals surface area contributed by atoms with Crippen molar-refractivity contribution < 1.29 is 22.1 Å². The highest BCUT2D eigenvalue weighted by atomic mass is 35.5. The van der Waals surface area contributed by atoms with Crippen LogP contribution in [0.3, 0.4) is 0 Å². The smallest absolute Gasteiger partial charge is 0.245 e. The Labute approximate surface area is 195 Å². The Morgan fingerprint density at radius 3 is 2.52 bits per heavy atom. The van der Waals surface area contributed by atoms with Gasteiger partial charge in [0, 0.05) is 10.4 Å². The zero-order valence-corrected chi connectivity index (χ0v) is 19.7. The van der Waals surface area contributed by atoms with E-state index in [1.165, 1.54) is 11.0 Å². The average molecular weight is 493 g/mol. The van der Waals surface area contributed by atoms with Gasteiger partial charge in [-0.2, -0.15) is 4.98 Å². The number of halogens is 2. The SMILES string of the molecule is CC(C)(C)c1nc(-c2cc3c(cc2F)S(=O)(=O)C[C@H](N)C(=O)N3Cc2ccc(Cl)cc2)no1. The second-order valence-corrected chi connectivity index (χ2v) is 11.4. The monoisotopic (exact) mass is 492 g/mol. The zero-order valence-electron chi connectivity index (χ0n) is 18.2. The van der Waals surface area contributed by atoms with Crippen LogP contribution in [-0.4, -0.2) is 36.3 Å². The molecule has 2 N–H and O–H groups in total. The summed E-state index contributed by atoms with van der Waals surface area (Å²) in [7, 11) is -4.04. The minimum Gasteiger partial charge on any atom is -0.338 e. The fraction of sp³-hybridized carbons (Fsp3) is 0.318. The molecule has 0 fully saturated rings. The zero-order chi connectivity index (χ0) is 24.1. The number of carbonyl (C=O) groups excluding carboxylic acids is 1. The largest absolute Gasteiger partial charge is 0.338 e. The Morgan fingerprint density at radius 1 is 1.24 bits per heavy atom. The number of benzene rings is 2. The maximum atomic E-state index is 15.1. The average Bonchev–Trinajstić information content (AvgIpc) is 3.21. The molecule has 0 aliphatic carbocycles. The number of fused-ring (bicyclic) bond motifs is 1. The van der Waals surface area contributed by atoms with Crippen molar-refractivity contribution in [2.75, 3.05) is 10.7 Å². The number of carbonyl (C=O) groups is 1. The normalized spacial score (nSPS) is 18.2. The number of anilines is 1. The van der Waals surface area contributed by atoms with Gasteiger partial charge in [0.1, 0.15) is 5.82 Å². The predicted molar refractivity (Wildman–Crippen MR) is 121 cm³/mol. The Morgan fingerprint density at radius 2 is 1.91 bits per heavy atom. The number of amides is 1. The van der Waals surface area contributed by atoms with Gasteiger partial charge in [0.25, 0.3) is 0 Å². The quantitative estimate of drug-likeness (QED) is 0.594. The molecule has 0 radical (unpaired) electrons. The first kappa shape index (κ1) is 23.3. The minimum atomic E-state index is -4.04. The Bertz CT molecular complexity index is 1330. The third-order valence-electron chi connectivity index (χ3n) is 5.22. The summed E-state index contributed by atoms with van der Waals surface area (Å²) in [5.41, 5.74) is 6.04. The number of aromatic nitrogens is 2. The molecule has 0 spiro atoms. The topological polar surface area (TPSA) is 119 Å². The second-order valence-electron chi connectivity index (χ2n) is 8.91. The highest BCUT2D eigenvalue weighted by Crippen LogP contribution is 2.37. The molecule has 2 heterocycles. The van der Waals surface area contributed by atoms with Gasteiger partial charge in [-0.25, -0.2) is 12.8 Å². The summed E-state index contributed by atoms with van der Waals surface area (Å²) in [6.07, 6.45) is 0. The Kier molecular flexibility index (Phi) is 5.80. The molecule has 0 bridgehead atoms. The van der Waals surface area contributed by atoms with Gasteiger partial charge in [-0.3, -0.25) is 4.79 Å². The van der Waals surface area contributed by atoms with Crippen molar-refractivity contribution >= 4 is 33.0 Å². The van der Waals surface area contributed by atoms with Crippen LogP contribution < -0.4 is 10.6 Å². The van der Waals surface area contributed by atoms with Crippen LogP contribution in [0.5, 0.6) is 0 Å². The predicted octanol–water partition coefficient (Wildman–Crippen LogP) is 3.47. The number of rotatable bonds is 3. The van der Waals surface area contributed by atoms with Crippen LogP contribution in [0.1, 0.15) is 32.2 Å². The van der Waals surface area contributed by atoms with Gasteiger partial charge in [0.2, 0.25) is 17.6 Å².